The van der Waals surface area contributed by atoms with E-state index >= 15 is 0 Å². The number of hydrogen-bond acceptors (Lipinski definition) is 22. The Bertz CT molecular complexity index is 6310. The highest BCUT2D eigenvalue weighted by molar-refractivity contribution is 6.12. The first-order valence-electron chi connectivity index (χ1n) is 50.4. The van der Waals surface area contributed by atoms with Crippen LogP contribution >= 0.6 is 0 Å². The smallest absolute Gasteiger partial charge is 0.180 e. The number of piperidine rings is 14. The van der Waals surface area contributed by atoms with E-state index in [-0.39, 0.29) is 47.3 Å². The number of aliphatic hydroxyl groups excluding tert-OH is 2. The minimum atomic E-state index is -0.504. The van der Waals surface area contributed by atoms with Crippen LogP contribution in [0.1, 0.15) is 155 Å². The van der Waals surface area contributed by atoms with Crippen LogP contribution in [-0.2, 0) is 0 Å². The quantitative estimate of drug-likeness (QED) is 0.0290. The molecule has 4 N–H and O–H groups in total. The maximum atomic E-state index is 13.3. The molecule has 140 heavy (non-hydrogen) atoms. The lowest BCUT2D eigenvalue weighted by molar-refractivity contribution is -0.0445. The molecule has 0 radical (unpaired) electrons. The number of nitrogens with zero attached hydrogens (tertiary/aromatic N) is 10. The zero-order valence-corrected chi connectivity index (χ0v) is 81.6. The van der Waals surface area contributed by atoms with E-state index in [0.29, 0.717) is 83.9 Å². The Morgan fingerprint density at radius 2 is 0.657 bits per heavy atom. The lowest BCUT2D eigenvalue weighted by atomic mass is 9.73. The summed E-state index contributed by atoms with van der Waals surface area (Å²) in [7, 11) is 6.59. The predicted octanol–water partition coefficient (Wildman–Crippen LogP) is 20.2. The van der Waals surface area contributed by atoms with Crippen molar-refractivity contribution in [2.24, 2.45) is 71.0 Å². The van der Waals surface area contributed by atoms with E-state index in [0.717, 1.165) is 252 Å². The monoisotopic (exact) mass is 1880 g/mol. The van der Waals surface area contributed by atoms with Crippen LogP contribution in [0.3, 0.4) is 0 Å². The fourth-order valence-corrected chi connectivity index (χ4v) is 24.1. The van der Waals surface area contributed by atoms with E-state index in [1.807, 2.05) is 170 Å². The molecule has 0 amide bonds. The normalized spacial score (nSPS) is 27.0. The number of aromatic nitrogens is 6. The molecule has 20 unspecified atom stereocenters. The number of ketones is 4. The summed E-state index contributed by atoms with van der Waals surface area (Å²) in [5, 5.41) is 34.7. The average molecular weight is 1880 g/mol. The Kier molecular flexibility index (Phi) is 33.0. The number of carbonyl (C=O) groups excluding carboxylic acids is 4. The molecule has 14 saturated heterocycles. The van der Waals surface area contributed by atoms with Crippen molar-refractivity contribution in [1.29, 1.82) is 0 Å². The number of carbonyl (C=O) groups is 4. The van der Waals surface area contributed by atoms with E-state index < -0.39 is 12.2 Å². The molecule has 20 heterocycles. The maximum Gasteiger partial charge on any atom is 0.180 e. The third-order valence-corrected chi connectivity index (χ3v) is 32.2. The van der Waals surface area contributed by atoms with E-state index in [1.54, 1.807) is 65.6 Å². The third-order valence-electron chi connectivity index (χ3n) is 32.2. The molecule has 6 aromatic carbocycles. The summed E-state index contributed by atoms with van der Waals surface area (Å²) in [5.74, 6) is 10.7. The standard InChI is InChI=1S/2C20H24N2O2.C20H22N2O2.C20H24N2O2.C19H20N2O.C19H22N2O/c3*1-3-13-12-22-9-7-14(13)10-19(22)20(23)16-6-8-21-18-5-4-15(24-2)11-17(16)18;1-3-14-13-21-10-8-15(14)4-7-20(23)17-9-11-22-19-6-5-16(24-2)12-18(17)19;1-2-13-12-21-10-8-14(13)11-18(21)19(22)16-7-9-20-17-6-4-3-5-15(16)17;1-2-14-13-20-11-9-15(14)7-8-19(22)17-10-12-21-18-6-4-3-5-16(17)18/h2*3-6,8,11,13-14,19-20,23H,1,7,9-10,12H2,2H3;3-6,8,11,13-14,19H,1,7,9-10,12H2,2H3;3,5-6,9,11-12,14-15,21H,1,4,7-8,10,13H2,2H3;2-7,9,13-14,18H,1,8,10-12H2;2-6,10,12,14-15,20H,1,7-9,11,13H2/t2*13?,14?,19?,20-;;;;/m10..../s1. The number of methoxy groups -OCH3 is 4. The van der Waals surface area contributed by atoms with Crippen molar-refractivity contribution in [2.75, 3.05) is 107 Å². The molecule has 0 saturated carbocycles. The number of fused-ring (bicyclic) bond motifs is 18. The highest BCUT2D eigenvalue weighted by atomic mass is 16.5. The van der Waals surface area contributed by atoms with E-state index in [2.05, 4.69) is 124 Å². The van der Waals surface area contributed by atoms with E-state index in [9.17, 15) is 29.4 Å². The molecule has 26 rings (SSSR count). The van der Waals surface area contributed by atoms with E-state index in [4.69, 9.17) is 18.9 Å². The first kappa shape index (κ1) is 99.3. The number of Topliss-reactive ketones (excluding diaryl/α,β-unsaturated/α-hetero) is 4. The molecule has 14 aliphatic rings. The lowest BCUT2D eigenvalue weighted by Crippen LogP contribution is -2.55. The molecule has 0 spiro atoms. The van der Waals surface area contributed by atoms with Gasteiger partial charge in [0.2, 0.25) is 0 Å². The molecular formula is C118H136N12O10. The van der Waals surface area contributed by atoms with Gasteiger partial charge in [0.15, 0.2) is 23.1 Å². The van der Waals surface area contributed by atoms with Gasteiger partial charge in [-0.15, -0.1) is 39.5 Å². The second-order valence-electron chi connectivity index (χ2n) is 39.5. The van der Waals surface area contributed by atoms with Gasteiger partial charge in [0, 0.05) is 156 Å². The van der Waals surface area contributed by atoms with Gasteiger partial charge in [-0.05, 0) is 320 Å². The number of aliphatic hydroxyl groups is 2. The zero-order valence-electron chi connectivity index (χ0n) is 81.6. The van der Waals surface area contributed by atoms with Crippen LogP contribution in [0.25, 0.3) is 65.4 Å². The molecule has 14 aliphatic heterocycles. The summed E-state index contributed by atoms with van der Waals surface area (Å²) in [6.45, 7) is 35.9. The summed E-state index contributed by atoms with van der Waals surface area (Å²) >= 11 is 0. The highest BCUT2D eigenvalue weighted by Gasteiger charge is 2.47. The molecule has 8 bridgehead atoms. The molecule has 6 aromatic heterocycles. The molecule has 22 heteroatoms. The molecule has 14 fully saturated rings. The Hall–Kier alpha value is -12.2. The van der Waals surface area contributed by atoms with E-state index in [1.165, 1.54) is 25.7 Å². The van der Waals surface area contributed by atoms with Crippen molar-refractivity contribution in [2.45, 2.75) is 126 Å². The molecule has 12 aromatic rings. The minimum absolute atomic E-state index is 0.0169. The Balaban J connectivity index is 0.000000116. The molecule has 22 nitrogen and oxygen atoms in total. The largest absolute Gasteiger partial charge is 0.497 e. The average Bonchev–Trinajstić information content (AvgIpc) is 0.771. The fraction of sp³-hybridized carbons (Fsp3) is 0.407. The topological polar surface area (TPSA) is 260 Å². The second-order valence-corrected chi connectivity index (χ2v) is 39.5. The van der Waals surface area contributed by atoms with Gasteiger partial charge >= 0.3 is 0 Å². The van der Waals surface area contributed by atoms with Gasteiger partial charge in [0.25, 0.3) is 0 Å². The van der Waals surface area contributed by atoms with Gasteiger partial charge in [-0.3, -0.25) is 68.7 Å². The van der Waals surface area contributed by atoms with Crippen molar-refractivity contribution >= 4 is 88.6 Å². The summed E-state index contributed by atoms with van der Waals surface area (Å²) in [5.41, 5.74) is 10.3. The third kappa shape index (κ3) is 22.1. The predicted molar refractivity (Wildman–Crippen MR) is 559 cm³/mol. The van der Waals surface area contributed by atoms with Crippen LogP contribution in [-0.4, -0.2) is 214 Å². The highest BCUT2D eigenvalue weighted by Crippen LogP contribution is 2.47. The SMILES string of the molecule is C=CC1CN2CCC1CC2C(=O)c1ccnc2ccc(OC)cc12.C=CC1CN2CCC1CC2C(=O)c1ccnc2ccccc12.C=CC1CN2CCC1CC2[C@@H](O)c1ccnc2ccc(OC)cc12.C=CC1CN2CCC1CC2[C@H](O)c1ccnc2ccc(OC)cc12.C=CC1CNCCC1CCC(=O)c1ccnc2ccc(OC)cc12.C=CC1CNCCC1CCC(=O)c1ccnc2ccccc12. The number of benzene rings is 6. The first-order chi connectivity index (χ1) is 68.4. The molecule has 0 aliphatic carbocycles. The van der Waals surface area contributed by atoms with Crippen molar-refractivity contribution in [3.8, 4) is 23.0 Å². The number of para-hydroxylation sites is 2. The number of ether oxygens (including phenoxy) is 4. The van der Waals surface area contributed by atoms with Gasteiger partial charge in [-0.25, -0.2) is 0 Å². The number of rotatable bonds is 26. The van der Waals surface area contributed by atoms with Crippen LogP contribution in [0.15, 0.2) is 271 Å². The van der Waals surface area contributed by atoms with Crippen molar-refractivity contribution in [3.05, 3.63) is 304 Å². The van der Waals surface area contributed by atoms with Crippen molar-refractivity contribution in [3.63, 3.8) is 0 Å². The van der Waals surface area contributed by atoms with Crippen LogP contribution in [0, 0.1) is 71.0 Å². The Morgan fingerprint density at radius 1 is 0.357 bits per heavy atom. The van der Waals surface area contributed by atoms with Gasteiger partial charge in [-0.1, -0.05) is 72.9 Å². The number of pyridine rings is 6. The number of nitrogens with one attached hydrogen (secondary N) is 2. The summed E-state index contributed by atoms with van der Waals surface area (Å²) in [4.78, 5) is 87.6. The Labute approximate surface area is 823 Å². The van der Waals surface area contributed by atoms with Gasteiger partial charge < -0.3 is 39.8 Å². The van der Waals surface area contributed by atoms with Gasteiger partial charge in [-0.2, -0.15) is 0 Å². The van der Waals surface area contributed by atoms with Gasteiger partial charge in [0.05, 0.1) is 85.8 Å². The van der Waals surface area contributed by atoms with Crippen LogP contribution in [0.2, 0.25) is 0 Å². The maximum absolute atomic E-state index is 13.3. The van der Waals surface area contributed by atoms with Crippen LogP contribution in [0.5, 0.6) is 23.0 Å². The van der Waals surface area contributed by atoms with Gasteiger partial charge in [0.1, 0.15) is 23.0 Å². The summed E-state index contributed by atoms with van der Waals surface area (Å²) in [6.07, 6.45) is 35.8. The lowest BCUT2D eigenvalue weighted by Gasteiger charge is -2.50. The number of hydrogen-bond donors (Lipinski definition) is 4. The first-order valence-corrected chi connectivity index (χ1v) is 50.4. The minimum Gasteiger partial charge on any atom is -0.497 e. The summed E-state index contributed by atoms with van der Waals surface area (Å²) in [6, 6.07) is 50.4. The zero-order chi connectivity index (χ0) is 97.5. The van der Waals surface area contributed by atoms with Crippen LogP contribution in [0.4, 0.5) is 0 Å². The second kappa shape index (κ2) is 46.5. The van der Waals surface area contributed by atoms with Crippen molar-refractivity contribution in [1.82, 2.24) is 60.1 Å². The molecule has 22 atom stereocenters. The molecular weight excluding hydrogens is 1750 g/mol. The fourth-order valence-electron chi connectivity index (χ4n) is 24.1. The summed E-state index contributed by atoms with van der Waals surface area (Å²) < 4.78 is 21.3. The van der Waals surface area contributed by atoms with Crippen molar-refractivity contribution < 1.29 is 48.3 Å². The molecule has 728 valence electrons. The Morgan fingerprint density at radius 3 is 1.01 bits per heavy atom. The van der Waals surface area contributed by atoms with Crippen LogP contribution < -0.4 is 29.6 Å².